The Bertz CT molecular complexity index is 1420. The highest BCUT2D eigenvalue weighted by Crippen LogP contribution is 2.35. The molecule has 262 valence electrons. The van der Waals surface area contributed by atoms with E-state index in [1.807, 2.05) is 30.3 Å². The molecule has 2 aliphatic heterocycles. The van der Waals surface area contributed by atoms with Crippen molar-refractivity contribution < 1.29 is 42.5 Å². The number of hydrogen-bond acceptors (Lipinski definition) is 8. The first kappa shape index (κ1) is 36.4. The molecule has 48 heavy (non-hydrogen) atoms. The summed E-state index contributed by atoms with van der Waals surface area (Å²) in [5, 5.41) is 2.81. The van der Waals surface area contributed by atoms with E-state index in [4.69, 9.17) is 18.9 Å². The first-order valence-corrected chi connectivity index (χ1v) is 16.3. The van der Waals surface area contributed by atoms with Crippen LogP contribution in [0.3, 0.4) is 0 Å². The maximum atomic E-state index is 14.4. The van der Waals surface area contributed by atoms with Gasteiger partial charge in [-0.05, 0) is 77.8 Å². The number of carbonyl (C=O) groups is 4. The minimum absolute atomic E-state index is 0.0790. The second-order valence-corrected chi connectivity index (χ2v) is 13.1. The van der Waals surface area contributed by atoms with Crippen LogP contribution in [0, 0.1) is 5.82 Å². The number of carbonyl (C=O) groups excluding carboxylic acids is 4. The molecule has 2 aromatic carbocycles. The van der Waals surface area contributed by atoms with Gasteiger partial charge in [0.25, 0.3) is 0 Å². The number of likely N-dealkylation sites (tertiary alicyclic amines) is 2. The third-order valence-electron chi connectivity index (χ3n) is 8.51. The van der Waals surface area contributed by atoms with Crippen molar-refractivity contribution in [3.8, 4) is 5.75 Å². The van der Waals surface area contributed by atoms with E-state index in [9.17, 15) is 23.6 Å². The van der Waals surface area contributed by atoms with Gasteiger partial charge in [0.05, 0.1) is 24.7 Å². The number of rotatable bonds is 11. The average Bonchev–Trinajstić information content (AvgIpc) is 3.63. The molecule has 0 saturated carbocycles. The summed E-state index contributed by atoms with van der Waals surface area (Å²) in [4.78, 5) is 58.3. The Hall–Kier alpha value is -4.39. The Morgan fingerprint density at radius 1 is 1.02 bits per heavy atom. The lowest BCUT2D eigenvalue weighted by molar-refractivity contribution is -0.143. The molecule has 0 bridgehead atoms. The van der Waals surface area contributed by atoms with Gasteiger partial charge in [-0.2, -0.15) is 0 Å². The first-order valence-electron chi connectivity index (χ1n) is 16.3. The maximum absolute atomic E-state index is 14.4. The van der Waals surface area contributed by atoms with Gasteiger partial charge in [0.1, 0.15) is 42.0 Å². The van der Waals surface area contributed by atoms with Gasteiger partial charge in [-0.3, -0.25) is 19.4 Å². The summed E-state index contributed by atoms with van der Waals surface area (Å²) in [6, 6.07) is 11.7. The highest BCUT2D eigenvalue weighted by atomic mass is 19.1. The van der Waals surface area contributed by atoms with Gasteiger partial charge in [-0.15, -0.1) is 0 Å². The van der Waals surface area contributed by atoms with Crippen molar-refractivity contribution in [1.82, 2.24) is 20.0 Å². The number of amides is 4. The van der Waals surface area contributed by atoms with Crippen LogP contribution in [0.1, 0.15) is 53.5 Å². The van der Waals surface area contributed by atoms with Gasteiger partial charge in [-0.25, -0.2) is 14.0 Å². The number of nitrogens with one attached hydrogen (secondary N) is 1. The zero-order valence-electron chi connectivity index (χ0n) is 28.7. The van der Waals surface area contributed by atoms with E-state index in [0.29, 0.717) is 12.2 Å². The molecule has 12 nitrogen and oxygen atoms in total. The molecule has 0 aromatic heterocycles. The van der Waals surface area contributed by atoms with Crippen molar-refractivity contribution in [2.24, 2.45) is 0 Å². The Morgan fingerprint density at radius 2 is 1.69 bits per heavy atom. The third kappa shape index (κ3) is 8.94. The molecule has 2 aliphatic rings. The fourth-order valence-corrected chi connectivity index (χ4v) is 5.95. The predicted octanol–water partition coefficient (Wildman–Crippen LogP) is 4.36. The molecule has 4 amide bonds. The summed E-state index contributed by atoms with van der Waals surface area (Å²) < 4.78 is 36.8. The van der Waals surface area contributed by atoms with Gasteiger partial charge in [-0.1, -0.05) is 30.3 Å². The number of fused-ring (bicyclic) bond motifs is 1. The number of benzene rings is 2. The molecule has 4 rings (SSSR count). The summed E-state index contributed by atoms with van der Waals surface area (Å²) in [7, 11) is 1.45. The van der Waals surface area contributed by atoms with Crippen molar-refractivity contribution in [1.29, 1.82) is 0 Å². The van der Waals surface area contributed by atoms with Crippen LogP contribution in [0.15, 0.2) is 54.6 Å². The zero-order valence-corrected chi connectivity index (χ0v) is 28.7. The van der Waals surface area contributed by atoms with Crippen molar-refractivity contribution in [2.45, 2.75) is 96.5 Å². The summed E-state index contributed by atoms with van der Waals surface area (Å²) in [6.07, 6.45) is -2.18. The van der Waals surface area contributed by atoms with E-state index in [1.54, 1.807) is 51.3 Å². The van der Waals surface area contributed by atoms with Crippen molar-refractivity contribution in [2.75, 3.05) is 26.7 Å². The lowest BCUT2D eigenvalue weighted by atomic mass is 10.1. The topological polar surface area (TPSA) is 127 Å². The lowest BCUT2D eigenvalue weighted by Gasteiger charge is -2.35. The molecule has 2 saturated heterocycles. The minimum Gasteiger partial charge on any atom is -0.486 e. The van der Waals surface area contributed by atoms with E-state index in [-0.39, 0.29) is 26.3 Å². The van der Waals surface area contributed by atoms with Crippen molar-refractivity contribution in [3.05, 3.63) is 66.0 Å². The van der Waals surface area contributed by atoms with Crippen LogP contribution >= 0.6 is 0 Å². The largest absolute Gasteiger partial charge is 0.486 e. The molecular weight excluding hydrogens is 623 g/mol. The SMILES string of the molecule is CCOC(C)C(NC(=O)C(C)N(C)C(=O)OC(C)(C)C)C(=O)N1CCC2C1C(Oc1ccc(F)cc1)CN2C(=O)OCc1ccccc1. The van der Waals surface area contributed by atoms with E-state index < -0.39 is 71.8 Å². The average molecular weight is 671 g/mol. The summed E-state index contributed by atoms with van der Waals surface area (Å²) in [5.74, 6) is -1.03. The number of halogens is 1. The number of ether oxygens (including phenoxy) is 4. The van der Waals surface area contributed by atoms with Gasteiger partial charge < -0.3 is 29.2 Å². The molecule has 6 unspecified atom stereocenters. The highest BCUT2D eigenvalue weighted by molar-refractivity contribution is 5.92. The van der Waals surface area contributed by atoms with E-state index in [0.717, 1.165) is 5.56 Å². The predicted molar refractivity (Wildman–Crippen MR) is 175 cm³/mol. The van der Waals surface area contributed by atoms with E-state index in [1.165, 1.54) is 36.2 Å². The first-order chi connectivity index (χ1) is 22.7. The number of nitrogens with zero attached hydrogens (tertiary/aromatic N) is 3. The number of hydrogen-bond donors (Lipinski definition) is 1. The van der Waals surface area contributed by atoms with Crippen LogP contribution in [0.2, 0.25) is 0 Å². The molecule has 13 heteroatoms. The van der Waals surface area contributed by atoms with Crippen LogP contribution in [0.25, 0.3) is 0 Å². The van der Waals surface area contributed by atoms with Crippen molar-refractivity contribution >= 4 is 24.0 Å². The van der Waals surface area contributed by atoms with Crippen LogP contribution < -0.4 is 10.1 Å². The lowest BCUT2D eigenvalue weighted by Crippen LogP contribution is -2.60. The fraction of sp³-hybridized carbons (Fsp3) is 0.543. The zero-order chi connectivity index (χ0) is 35.2. The molecule has 2 aromatic rings. The van der Waals surface area contributed by atoms with Gasteiger partial charge in [0.2, 0.25) is 11.8 Å². The third-order valence-corrected chi connectivity index (χ3v) is 8.51. The summed E-state index contributed by atoms with van der Waals surface area (Å²) in [6.45, 7) is 11.0. The van der Waals surface area contributed by atoms with Gasteiger partial charge in [0, 0.05) is 20.2 Å². The van der Waals surface area contributed by atoms with Gasteiger partial charge >= 0.3 is 12.2 Å². The Labute approximate surface area is 281 Å². The van der Waals surface area contributed by atoms with E-state index in [2.05, 4.69) is 5.32 Å². The molecule has 0 aliphatic carbocycles. The summed E-state index contributed by atoms with van der Waals surface area (Å²) >= 11 is 0. The second-order valence-electron chi connectivity index (χ2n) is 13.1. The van der Waals surface area contributed by atoms with Crippen molar-refractivity contribution in [3.63, 3.8) is 0 Å². The van der Waals surface area contributed by atoms with Gasteiger partial charge in [0.15, 0.2) is 0 Å². The molecule has 6 atom stereocenters. The number of likely N-dealkylation sites (N-methyl/N-ethyl adjacent to an activating group) is 1. The Kier molecular flexibility index (Phi) is 11.9. The monoisotopic (exact) mass is 670 g/mol. The van der Waals surface area contributed by atoms with Crippen LogP contribution in [0.4, 0.5) is 14.0 Å². The molecule has 2 heterocycles. The van der Waals surface area contributed by atoms with Crippen LogP contribution in [-0.4, -0.2) is 107 Å². The normalized spacial score (nSPS) is 20.7. The molecule has 0 radical (unpaired) electrons. The highest BCUT2D eigenvalue weighted by Gasteiger charge is 2.55. The van der Waals surface area contributed by atoms with Crippen LogP contribution in [-0.2, 0) is 30.4 Å². The standard InChI is InChI=1S/C35H47FN4O8/c1-8-45-23(3)29(37-31(41)22(2)38(7)33(43)48-35(4,5)6)32(42)39-19-18-27-30(39)28(47-26-16-14-25(36)15-17-26)20-40(27)34(44)46-21-24-12-10-9-11-13-24/h9-17,22-23,27-30H,8,18-21H2,1-7H3,(H,37,41). The van der Waals surface area contributed by atoms with Crippen LogP contribution in [0.5, 0.6) is 5.75 Å². The Morgan fingerprint density at radius 3 is 2.31 bits per heavy atom. The second kappa shape index (κ2) is 15.7. The minimum atomic E-state index is -1.11. The fourth-order valence-electron chi connectivity index (χ4n) is 5.95. The Balaban J connectivity index is 1.56. The smallest absolute Gasteiger partial charge is 0.410 e. The molecule has 2 fully saturated rings. The maximum Gasteiger partial charge on any atom is 0.410 e. The molecule has 0 spiro atoms. The quantitative estimate of drug-likeness (QED) is 0.374. The molecule has 1 N–H and O–H groups in total. The summed E-state index contributed by atoms with van der Waals surface area (Å²) in [5.41, 5.74) is 0.0739. The van der Waals surface area contributed by atoms with E-state index >= 15 is 0 Å². The molecular formula is C35H47FN4O8.